The van der Waals surface area contributed by atoms with E-state index in [9.17, 15) is 4.79 Å². The quantitative estimate of drug-likeness (QED) is 0.788. The first kappa shape index (κ1) is 15.0. The number of guanidine groups is 1. The van der Waals surface area contributed by atoms with Gasteiger partial charge in [0, 0.05) is 13.1 Å². The zero-order valence-electron chi connectivity index (χ0n) is 13.6. The number of hydrogen-bond donors (Lipinski definition) is 1. The molecule has 24 heavy (non-hydrogen) atoms. The Bertz CT molecular complexity index is 733. The zero-order chi connectivity index (χ0) is 16.7. The molecule has 1 aromatic carbocycles. The highest BCUT2D eigenvalue weighted by molar-refractivity contribution is 6.13. The van der Waals surface area contributed by atoms with E-state index in [4.69, 9.17) is 14.2 Å². The summed E-state index contributed by atoms with van der Waals surface area (Å²) in [4.78, 5) is 18.7. The minimum Gasteiger partial charge on any atom is -0.454 e. The maximum absolute atomic E-state index is 12.2. The van der Waals surface area contributed by atoms with Gasteiger partial charge < -0.3 is 19.1 Å². The molecule has 0 radical (unpaired) electrons. The number of nitrogens with zero attached hydrogens (tertiary/aromatic N) is 2. The van der Waals surface area contributed by atoms with Crippen molar-refractivity contribution in [1.29, 1.82) is 0 Å². The van der Waals surface area contributed by atoms with Crippen molar-refractivity contribution in [1.82, 2.24) is 10.2 Å². The third kappa shape index (κ3) is 2.82. The van der Waals surface area contributed by atoms with E-state index >= 15 is 0 Å². The van der Waals surface area contributed by atoms with E-state index in [0.717, 1.165) is 5.56 Å². The molecule has 2 atom stereocenters. The number of ether oxygens (including phenoxy) is 3. The Morgan fingerprint density at radius 1 is 1.21 bits per heavy atom. The number of rotatable bonds is 1. The van der Waals surface area contributed by atoms with Gasteiger partial charge >= 0.3 is 0 Å². The molecule has 3 heterocycles. The smallest absolute Gasteiger partial charge is 0.276 e. The summed E-state index contributed by atoms with van der Waals surface area (Å²) in [5, 5.41) is 2.84. The van der Waals surface area contributed by atoms with Crippen molar-refractivity contribution in [2.45, 2.75) is 26.1 Å². The lowest BCUT2D eigenvalue weighted by Crippen LogP contribution is -2.51. The van der Waals surface area contributed by atoms with E-state index < -0.39 is 0 Å². The summed E-state index contributed by atoms with van der Waals surface area (Å²) in [6, 6.07) is 5.55. The van der Waals surface area contributed by atoms with Gasteiger partial charge in [-0.3, -0.25) is 10.1 Å². The van der Waals surface area contributed by atoms with E-state index in [2.05, 4.69) is 15.2 Å². The summed E-state index contributed by atoms with van der Waals surface area (Å²) in [6.45, 7) is 5.68. The Morgan fingerprint density at radius 3 is 2.75 bits per heavy atom. The van der Waals surface area contributed by atoms with Crippen LogP contribution in [0.25, 0.3) is 6.08 Å². The Morgan fingerprint density at radius 2 is 1.96 bits per heavy atom. The number of carbonyl (C=O) groups is 1. The molecule has 1 N–H and O–H groups in total. The van der Waals surface area contributed by atoms with Crippen LogP contribution in [0.15, 0.2) is 28.9 Å². The normalized spacial score (nSPS) is 27.4. The average molecular weight is 329 g/mol. The van der Waals surface area contributed by atoms with Gasteiger partial charge in [-0.1, -0.05) is 6.07 Å². The summed E-state index contributed by atoms with van der Waals surface area (Å²) in [6.07, 6.45) is 1.96. The van der Waals surface area contributed by atoms with Gasteiger partial charge in [0.1, 0.15) is 5.70 Å². The molecule has 1 aromatic rings. The highest BCUT2D eigenvalue weighted by Crippen LogP contribution is 2.33. The lowest BCUT2D eigenvalue weighted by Gasteiger charge is -2.35. The van der Waals surface area contributed by atoms with Crippen LogP contribution < -0.4 is 14.8 Å². The molecule has 0 saturated carbocycles. The van der Waals surface area contributed by atoms with Gasteiger partial charge in [0.05, 0.1) is 12.2 Å². The van der Waals surface area contributed by atoms with Crippen LogP contribution in [0.5, 0.6) is 11.5 Å². The lowest BCUT2D eigenvalue weighted by atomic mass is 10.1. The van der Waals surface area contributed by atoms with Crippen LogP contribution in [0.4, 0.5) is 0 Å². The Labute approximate surface area is 139 Å². The number of aliphatic imine (C=N–C) groups is 1. The van der Waals surface area contributed by atoms with Crippen LogP contribution in [-0.2, 0) is 9.53 Å². The van der Waals surface area contributed by atoms with E-state index in [0.29, 0.717) is 36.2 Å². The van der Waals surface area contributed by atoms with Crippen LogP contribution in [0.2, 0.25) is 0 Å². The molecule has 1 fully saturated rings. The van der Waals surface area contributed by atoms with Crippen LogP contribution in [-0.4, -0.2) is 48.9 Å². The molecule has 3 aliphatic heterocycles. The van der Waals surface area contributed by atoms with Crippen LogP contribution in [0, 0.1) is 0 Å². The summed E-state index contributed by atoms with van der Waals surface area (Å²) >= 11 is 0. The van der Waals surface area contributed by atoms with Crippen molar-refractivity contribution in [2.24, 2.45) is 4.99 Å². The van der Waals surface area contributed by atoms with Gasteiger partial charge in [-0.15, -0.1) is 0 Å². The number of carbonyl (C=O) groups excluding carboxylic acids is 1. The Balaban J connectivity index is 1.57. The summed E-state index contributed by atoms with van der Waals surface area (Å²) in [5.41, 5.74) is 1.23. The molecule has 1 amide bonds. The maximum atomic E-state index is 12.2. The fourth-order valence-electron chi connectivity index (χ4n) is 3.12. The van der Waals surface area contributed by atoms with E-state index in [-0.39, 0.29) is 24.9 Å². The Hall–Kier alpha value is -2.54. The monoisotopic (exact) mass is 329 g/mol. The predicted molar refractivity (Wildman–Crippen MR) is 87.7 cm³/mol. The van der Waals surface area contributed by atoms with Crippen molar-refractivity contribution in [2.75, 3.05) is 19.9 Å². The minimum atomic E-state index is -0.200. The van der Waals surface area contributed by atoms with Crippen molar-refractivity contribution in [3.05, 3.63) is 29.5 Å². The number of amides is 1. The molecule has 0 aliphatic carbocycles. The van der Waals surface area contributed by atoms with E-state index in [1.807, 2.05) is 32.0 Å². The van der Waals surface area contributed by atoms with Gasteiger partial charge in [-0.25, -0.2) is 4.99 Å². The second-order valence-electron chi connectivity index (χ2n) is 6.19. The summed E-state index contributed by atoms with van der Waals surface area (Å²) in [5.74, 6) is 1.79. The van der Waals surface area contributed by atoms with Crippen molar-refractivity contribution in [3.63, 3.8) is 0 Å². The number of hydrogen-bond acceptors (Lipinski definition) is 6. The Kier molecular flexibility index (Phi) is 3.65. The third-order valence-corrected chi connectivity index (χ3v) is 4.10. The molecule has 4 rings (SSSR count). The molecular weight excluding hydrogens is 310 g/mol. The van der Waals surface area contributed by atoms with E-state index in [1.165, 1.54) is 0 Å². The number of fused-ring (bicyclic) bond motifs is 1. The highest BCUT2D eigenvalue weighted by atomic mass is 16.7. The fraction of sp³-hybridized carbons (Fsp3) is 0.412. The molecule has 7 nitrogen and oxygen atoms in total. The first-order chi connectivity index (χ1) is 11.6. The van der Waals surface area contributed by atoms with Crippen LogP contribution >= 0.6 is 0 Å². The van der Waals surface area contributed by atoms with Gasteiger partial charge in [0.15, 0.2) is 11.5 Å². The molecule has 7 heteroatoms. The van der Waals surface area contributed by atoms with Gasteiger partial charge in [0.25, 0.3) is 5.91 Å². The average Bonchev–Trinajstić information content (AvgIpc) is 3.13. The molecule has 0 bridgehead atoms. The van der Waals surface area contributed by atoms with Crippen molar-refractivity contribution in [3.8, 4) is 11.5 Å². The van der Waals surface area contributed by atoms with Crippen LogP contribution in [0.1, 0.15) is 19.4 Å². The molecular formula is C17H19N3O4. The van der Waals surface area contributed by atoms with Gasteiger partial charge in [-0.05, 0) is 37.6 Å². The zero-order valence-corrected chi connectivity index (χ0v) is 13.6. The SMILES string of the molecule is CC1CN(C2=N/C(=C\c3ccc4c(c3)OCO4)C(=O)N2)CC(C)O1. The van der Waals surface area contributed by atoms with Gasteiger partial charge in [-0.2, -0.15) is 0 Å². The van der Waals surface area contributed by atoms with E-state index in [1.54, 1.807) is 6.08 Å². The topological polar surface area (TPSA) is 72.4 Å². The largest absolute Gasteiger partial charge is 0.454 e. The number of nitrogens with one attached hydrogen (secondary N) is 1. The molecule has 1 saturated heterocycles. The molecule has 3 aliphatic rings. The predicted octanol–water partition coefficient (Wildman–Crippen LogP) is 1.35. The molecule has 0 aromatic heterocycles. The first-order valence-corrected chi connectivity index (χ1v) is 8.00. The van der Waals surface area contributed by atoms with Gasteiger partial charge in [0.2, 0.25) is 12.8 Å². The number of benzene rings is 1. The van der Waals surface area contributed by atoms with Crippen molar-refractivity contribution >= 4 is 17.9 Å². The summed E-state index contributed by atoms with van der Waals surface area (Å²) < 4.78 is 16.4. The highest BCUT2D eigenvalue weighted by Gasteiger charge is 2.30. The number of morpholine rings is 1. The van der Waals surface area contributed by atoms with Crippen molar-refractivity contribution < 1.29 is 19.0 Å². The fourth-order valence-corrected chi connectivity index (χ4v) is 3.12. The maximum Gasteiger partial charge on any atom is 0.276 e. The van der Waals surface area contributed by atoms with Crippen LogP contribution in [0.3, 0.4) is 0 Å². The summed E-state index contributed by atoms with van der Waals surface area (Å²) in [7, 11) is 0. The minimum absolute atomic E-state index is 0.107. The first-order valence-electron chi connectivity index (χ1n) is 8.00. The second-order valence-corrected chi connectivity index (χ2v) is 6.19. The standard InChI is InChI=1S/C17H19N3O4/c1-10-7-20(8-11(2)24-10)17-18-13(16(21)19-17)5-12-3-4-14-15(6-12)23-9-22-14/h3-6,10-11H,7-9H2,1-2H3,(H,18,19,21)/b13-5-. The third-order valence-electron chi connectivity index (χ3n) is 4.10. The second kappa shape index (κ2) is 5.83. The molecule has 2 unspecified atom stereocenters. The molecule has 126 valence electrons. The molecule has 0 spiro atoms. The lowest BCUT2D eigenvalue weighted by molar-refractivity contribution is -0.115.